The molecule has 2 aliphatic heterocycles. The Hall–Kier alpha value is -2.67. The number of methoxy groups -OCH3 is 1. The van der Waals surface area contributed by atoms with Crippen LogP contribution < -0.4 is 14.5 Å². The number of ether oxygens (including phenoxy) is 1. The fourth-order valence-corrected chi connectivity index (χ4v) is 4.41. The first-order valence-electron chi connectivity index (χ1n) is 10.9. The van der Waals surface area contributed by atoms with E-state index in [9.17, 15) is 4.79 Å². The quantitative estimate of drug-likeness (QED) is 0.784. The van der Waals surface area contributed by atoms with Gasteiger partial charge in [-0.1, -0.05) is 12.1 Å². The van der Waals surface area contributed by atoms with Gasteiger partial charge >= 0.3 is 0 Å². The highest BCUT2D eigenvalue weighted by molar-refractivity contribution is 5.79. The number of likely N-dealkylation sites (N-methyl/N-ethyl adjacent to an activating group) is 1. The molecule has 2 aromatic rings. The molecule has 1 N–H and O–H groups in total. The molecule has 0 bridgehead atoms. The van der Waals surface area contributed by atoms with Crippen LogP contribution in [0.15, 0.2) is 24.3 Å². The number of aromatic nitrogens is 2. The van der Waals surface area contributed by atoms with Crippen molar-refractivity contribution in [1.29, 1.82) is 0 Å². The van der Waals surface area contributed by atoms with Crippen molar-refractivity contribution in [2.75, 3.05) is 51.3 Å². The summed E-state index contributed by atoms with van der Waals surface area (Å²) in [5.41, 5.74) is 3.25. The zero-order valence-electron chi connectivity index (χ0n) is 18.3. The number of carbonyl (C=O) groups is 1. The van der Waals surface area contributed by atoms with Gasteiger partial charge in [0.15, 0.2) is 0 Å². The van der Waals surface area contributed by atoms with Gasteiger partial charge in [-0.2, -0.15) is 0 Å². The van der Waals surface area contributed by atoms with E-state index in [0.29, 0.717) is 19.5 Å². The normalized spacial score (nSPS) is 17.0. The predicted octanol–water partition coefficient (Wildman–Crippen LogP) is 0.646. The number of amides is 1. The molecule has 0 saturated carbocycles. The summed E-state index contributed by atoms with van der Waals surface area (Å²) in [5.74, 6) is 2.82. The molecule has 0 unspecified atom stereocenters. The first kappa shape index (κ1) is 20.6. The lowest BCUT2D eigenvalue weighted by Crippen LogP contribution is -3.14. The fraction of sp³-hybridized carbons (Fsp3) is 0.522. The number of quaternary nitrogens is 1. The van der Waals surface area contributed by atoms with E-state index < -0.39 is 0 Å². The Balaban J connectivity index is 1.50. The van der Waals surface area contributed by atoms with Crippen molar-refractivity contribution in [2.24, 2.45) is 0 Å². The first-order valence-corrected chi connectivity index (χ1v) is 10.9. The number of aryl methyl sites for hydroxylation is 1. The van der Waals surface area contributed by atoms with Gasteiger partial charge < -0.3 is 19.4 Å². The number of fused-ring (bicyclic) bond motifs is 1. The summed E-state index contributed by atoms with van der Waals surface area (Å²) in [7, 11) is 1.65. The maximum absolute atomic E-state index is 13.0. The highest BCUT2D eigenvalue weighted by atomic mass is 16.5. The van der Waals surface area contributed by atoms with Crippen molar-refractivity contribution in [3.8, 4) is 5.75 Å². The molecule has 0 spiro atoms. The summed E-state index contributed by atoms with van der Waals surface area (Å²) < 4.78 is 5.21. The highest BCUT2D eigenvalue weighted by Crippen LogP contribution is 2.27. The molecule has 160 valence electrons. The van der Waals surface area contributed by atoms with Crippen LogP contribution in [0, 0.1) is 6.92 Å². The molecule has 1 saturated heterocycles. The van der Waals surface area contributed by atoms with E-state index in [4.69, 9.17) is 14.7 Å². The molecule has 0 radical (unpaired) electrons. The Morgan fingerprint density at radius 3 is 2.53 bits per heavy atom. The largest absolute Gasteiger partial charge is 0.497 e. The topological polar surface area (TPSA) is 63.0 Å². The van der Waals surface area contributed by atoms with E-state index in [2.05, 4.69) is 11.8 Å². The van der Waals surface area contributed by atoms with Crippen LogP contribution >= 0.6 is 0 Å². The minimum absolute atomic E-state index is 0.151. The molecule has 1 aromatic carbocycles. The van der Waals surface area contributed by atoms with Crippen molar-refractivity contribution in [3.05, 3.63) is 46.9 Å². The van der Waals surface area contributed by atoms with Crippen LogP contribution in [0.3, 0.4) is 0 Å². The van der Waals surface area contributed by atoms with E-state index in [-0.39, 0.29) is 5.91 Å². The first-order chi connectivity index (χ1) is 14.6. The summed E-state index contributed by atoms with van der Waals surface area (Å²) in [4.78, 5) is 28.5. The molecule has 7 heteroatoms. The van der Waals surface area contributed by atoms with Gasteiger partial charge in [-0.25, -0.2) is 9.97 Å². The maximum atomic E-state index is 13.0. The lowest BCUT2D eigenvalue weighted by Gasteiger charge is -2.36. The number of hydrogen-bond donors (Lipinski definition) is 1. The second-order valence-corrected chi connectivity index (χ2v) is 8.20. The number of anilines is 1. The van der Waals surface area contributed by atoms with Crippen molar-refractivity contribution >= 4 is 11.7 Å². The van der Waals surface area contributed by atoms with E-state index in [1.54, 1.807) is 12.0 Å². The number of carbonyl (C=O) groups excluding carboxylic acids is 1. The van der Waals surface area contributed by atoms with E-state index >= 15 is 0 Å². The van der Waals surface area contributed by atoms with Crippen LogP contribution in [-0.2, 0) is 24.2 Å². The SMILES string of the molecule is CC[NH+]1CCN(c2nc(C)nc3c2CN(C(=O)Cc2ccc(OC)cc2)CC3)CC1. The van der Waals surface area contributed by atoms with Crippen molar-refractivity contribution in [2.45, 2.75) is 33.2 Å². The van der Waals surface area contributed by atoms with Gasteiger partial charge in [-0.15, -0.1) is 0 Å². The van der Waals surface area contributed by atoms with Gasteiger partial charge in [-0.05, 0) is 31.5 Å². The standard InChI is InChI=1S/C23H31N5O2/c1-4-26-11-13-27(14-12-26)23-20-16-28(10-9-21(20)24-17(2)25-23)22(29)15-18-5-7-19(30-3)8-6-18/h5-8H,4,9-16H2,1-3H3/p+1. The van der Waals surface area contributed by atoms with Crippen LogP contribution in [0.1, 0.15) is 29.6 Å². The number of piperazine rings is 1. The smallest absolute Gasteiger partial charge is 0.227 e. The Morgan fingerprint density at radius 1 is 1.13 bits per heavy atom. The third-order valence-electron chi connectivity index (χ3n) is 6.29. The predicted molar refractivity (Wildman–Crippen MR) is 116 cm³/mol. The second kappa shape index (κ2) is 9.00. The van der Waals surface area contributed by atoms with Crippen LogP contribution in [0.2, 0.25) is 0 Å². The average molecular weight is 411 g/mol. The third kappa shape index (κ3) is 4.41. The monoisotopic (exact) mass is 410 g/mol. The highest BCUT2D eigenvalue weighted by Gasteiger charge is 2.29. The summed E-state index contributed by atoms with van der Waals surface area (Å²) in [6.07, 6.45) is 1.19. The zero-order chi connectivity index (χ0) is 21.1. The Kier molecular flexibility index (Phi) is 6.18. The lowest BCUT2D eigenvalue weighted by atomic mass is 10.0. The molecule has 7 nitrogen and oxygen atoms in total. The fourth-order valence-electron chi connectivity index (χ4n) is 4.41. The summed E-state index contributed by atoms with van der Waals surface area (Å²) >= 11 is 0. The molecule has 1 aromatic heterocycles. The van der Waals surface area contributed by atoms with E-state index in [1.165, 1.54) is 6.54 Å². The minimum atomic E-state index is 0.151. The summed E-state index contributed by atoms with van der Waals surface area (Å²) in [6, 6.07) is 7.73. The van der Waals surface area contributed by atoms with Crippen molar-refractivity contribution < 1.29 is 14.4 Å². The van der Waals surface area contributed by atoms with Crippen molar-refractivity contribution in [1.82, 2.24) is 14.9 Å². The molecule has 30 heavy (non-hydrogen) atoms. The molecule has 0 atom stereocenters. The Labute approximate surface area is 178 Å². The second-order valence-electron chi connectivity index (χ2n) is 8.20. The van der Waals surface area contributed by atoms with Crippen LogP contribution in [0.4, 0.5) is 5.82 Å². The number of nitrogens with one attached hydrogen (secondary N) is 1. The van der Waals surface area contributed by atoms with Gasteiger partial charge in [0.2, 0.25) is 5.91 Å². The molecule has 1 fully saturated rings. The van der Waals surface area contributed by atoms with Gasteiger partial charge in [0.05, 0.1) is 58.5 Å². The summed E-state index contributed by atoms with van der Waals surface area (Å²) in [6.45, 7) is 11.0. The van der Waals surface area contributed by atoms with Crippen molar-refractivity contribution in [3.63, 3.8) is 0 Å². The van der Waals surface area contributed by atoms with E-state index in [1.807, 2.05) is 36.1 Å². The zero-order valence-corrected chi connectivity index (χ0v) is 18.3. The number of rotatable bonds is 5. The van der Waals surface area contributed by atoms with Gasteiger partial charge in [-0.3, -0.25) is 4.79 Å². The molecule has 2 aliphatic rings. The van der Waals surface area contributed by atoms with Crippen LogP contribution in [0.5, 0.6) is 5.75 Å². The molecule has 0 aliphatic carbocycles. The summed E-state index contributed by atoms with van der Waals surface area (Å²) in [5, 5.41) is 0. The van der Waals surface area contributed by atoms with Crippen LogP contribution in [0.25, 0.3) is 0 Å². The average Bonchev–Trinajstić information content (AvgIpc) is 2.78. The third-order valence-corrected chi connectivity index (χ3v) is 6.29. The van der Waals surface area contributed by atoms with Crippen LogP contribution in [-0.4, -0.2) is 67.2 Å². The maximum Gasteiger partial charge on any atom is 0.227 e. The minimum Gasteiger partial charge on any atom is -0.497 e. The molecule has 1 amide bonds. The molecular weight excluding hydrogens is 378 g/mol. The molecule has 4 rings (SSSR count). The molecule has 3 heterocycles. The molecular formula is C23H32N5O2+. The van der Waals surface area contributed by atoms with Gasteiger partial charge in [0, 0.05) is 18.5 Å². The lowest BCUT2D eigenvalue weighted by molar-refractivity contribution is -0.898. The van der Waals surface area contributed by atoms with Gasteiger partial charge in [0.1, 0.15) is 17.4 Å². The Bertz CT molecular complexity index is 891. The number of benzene rings is 1. The number of nitrogens with zero attached hydrogens (tertiary/aromatic N) is 4. The number of hydrogen-bond acceptors (Lipinski definition) is 5. The van der Waals surface area contributed by atoms with Gasteiger partial charge in [0.25, 0.3) is 0 Å². The Morgan fingerprint density at radius 2 is 1.87 bits per heavy atom. The van der Waals surface area contributed by atoms with E-state index in [0.717, 1.165) is 66.8 Å².